The van der Waals surface area contributed by atoms with Crippen LogP contribution in [0.1, 0.15) is 6.92 Å². The molecule has 1 rings (SSSR count). The Morgan fingerprint density at radius 1 is 0.786 bits per heavy atom. The van der Waals surface area contributed by atoms with Gasteiger partial charge in [-0.15, -0.1) is 0 Å². The zero-order chi connectivity index (χ0) is 33.5. The Balaban J connectivity index is 3.71. The van der Waals surface area contributed by atoms with Gasteiger partial charge in [-0.05, 0) is 19.1 Å². The van der Waals surface area contributed by atoms with Crippen molar-refractivity contribution in [2.45, 2.75) is 55.3 Å². The van der Waals surface area contributed by atoms with Crippen molar-refractivity contribution in [3.63, 3.8) is 0 Å². The van der Waals surface area contributed by atoms with Crippen LogP contribution in [0.5, 0.6) is 5.75 Å². The number of hydrogen-bond donors (Lipinski definition) is 1. The fourth-order valence-electron chi connectivity index (χ4n) is 2.39. The van der Waals surface area contributed by atoms with Gasteiger partial charge in [-0.1, -0.05) is 0 Å². The van der Waals surface area contributed by atoms with Crippen LogP contribution >= 0.6 is 0 Å². The van der Waals surface area contributed by atoms with Crippen molar-refractivity contribution in [1.29, 1.82) is 0 Å². The van der Waals surface area contributed by atoms with Gasteiger partial charge in [-0.25, -0.2) is 0 Å². The third-order valence-corrected chi connectivity index (χ3v) is 4.38. The highest BCUT2D eigenvalue weighted by atomic mass is 19.4. The molecule has 1 amide bonds. The van der Waals surface area contributed by atoms with Crippen LogP contribution in [0.4, 0.5) is 86.0 Å². The molecule has 25 heteroatoms. The molecule has 42 heavy (non-hydrogen) atoms. The summed E-state index contributed by atoms with van der Waals surface area (Å²) in [6, 6.07) is 1.14. The van der Waals surface area contributed by atoms with E-state index in [4.69, 9.17) is 4.74 Å². The molecule has 0 aliphatic rings. The van der Waals surface area contributed by atoms with Crippen molar-refractivity contribution in [3.8, 4) is 5.75 Å². The lowest BCUT2D eigenvalue weighted by molar-refractivity contribution is -0.548. The summed E-state index contributed by atoms with van der Waals surface area (Å²) in [7, 11) is 0. The molecule has 0 heterocycles. The first-order valence-corrected chi connectivity index (χ1v) is 9.76. The lowest BCUT2D eigenvalue weighted by Crippen LogP contribution is -2.68. The second kappa shape index (κ2) is 11.0. The Bertz CT molecular complexity index is 1170. The van der Waals surface area contributed by atoms with Crippen molar-refractivity contribution < 1.29 is 98.6 Å². The summed E-state index contributed by atoms with van der Waals surface area (Å²) in [6.07, 6.45) is -39.2. The molecule has 2 atom stereocenters. The van der Waals surface area contributed by atoms with Crippen LogP contribution in [0.2, 0.25) is 0 Å². The fraction of sp³-hybridized carbons (Fsp3) is 0.588. The summed E-state index contributed by atoms with van der Waals surface area (Å²) in [5.74, 6) is -27.5. The quantitative estimate of drug-likeness (QED) is 0.159. The van der Waals surface area contributed by atoms with E-state index in [1.807, 2.05) is 4.74 Å². The maximum Gasteiger partial charge on any atom is 0.462 e. The maximum atomic E-state index is 14.6. The number of carbonyl (C=O) groups is 1. The van der Waals surface area contributed by atoms with Gasteiger partial charge in [0.2, 0.25) is 0 Å². The second-order valence-corrected chi connectivity index (χ2v) is 7.32. The van der Waals surface area contributed by atoms with Gasteiger partial charge in [0, 0.05) is 0 Å². The highest BCUT2D eigenvalue weighted by molar-refractivity contribution is 5.98. The highest BCUT2D eigenvalue weighted by Gasteiger charge is 2.85. The predicted octanol–water partition coefficient (Wildman–Crippen LogP) is 6.80. The normalized spacial score (nSPS) is 16.8. The molecule has 0 saturated carbocycles. The van der Waals surface area contributed by atoms with Gasteiger partial charge in [-0.2, -0.15) is 74.6 Å². The largest absolute Gasteiger partial charge is 0.494 e. The van der Waals surface area contributed by atoms with E-state index in [0.717, 1.165) is 0 Å². The summed E-state index contributed by atoms with van der Waals surface area (Å²) in [5.41, 5.74) is -3.08. The molecule has 0 fully saturated rings. The molecular formula is C17H9F17N2O6. The number of anilines is 1. The number of rotatable bonds is 11. The number of alkyl halides is 17. The third kappa shape index (κ3) is 6.64. The second-order valence-electron chi connectivity index (χ2n) is 7.32. The number of nitro benzene ring substituents is 1. The lowest BCUT2D eigenvalue weighted by atomic mass is 10.2. The predicted molar refractivity (Wildman–Crippen MR) is 95.7 cm³/mol. The monoisotopic (exact) mass is 660 g/mol. The average Bonchev–Trinajstić information content (AvgIpc) is 2.76. The van der Waals surface area contributed by atoms with Crippen LogP contribution < -0.4 is 10.1 Å². The molecule has 1 aromatic rings. The summed E-state index contributed by atoms with van der Waals surface area (Å²) >= 11 is 0. The topological polar surface area (TPSA) is 99.9 Å². The lowest BCUT2D eigenvalue weighted by Gasteiger charge is -2.40. The van der Waals surface area contributed by atoms with Crippen molar-refractivity contribution in [1.82, 2.24) is 0 Å². The maximum absolute atomic E-state index is 14.6. The zero-order valence-corrected chi connectivity index (χ0v) is 19.3. The molecule has 0 spiro atoms. The summed E-state index contributed by atoms with van der Waals surface area (Å²) in [5, 5.41) is 11.7. The molecule has 0 bridgehead atoms. The van der Waals surface area contributed by atoms with E-state index < -0.39 is 76.3 Å². The molecule has 1 N–H and O–H groups in total. The third-order valence-electron chi connectivity index (χ3n) is 4.38. The first kappa shape index (κ1) is 36.6. The molecule has 0 aliphatic heterocycles. The van der Waals surface area contributed by atoms with Gasteiger partial charge in [0.25, 0.3) is 11.6 Å². The molecule has 0 radical (unpaired) electrons. The van der Waals surface area contributed by atoms with Crippen LogP contribution in [-0.4, -0.2) is 65.8 Å². The molecule has 242 valence electrons. The van der Waals surface area contributed by atoms with E-state index >= 15 is 0 Å². The number of nitrogens with zero attached hydrogens (tertiary/aromatic N) is 1. The van der Waals surface area contributed by atoms with E-state index in [1.165, 1.54) is 11.7 Å². The first-order valence-electron chi connectivity index (χ1n) is 9.76. The van der Waals surface area contributed by atoms with Gasteiger partial charge < -0.3 is 10.1 Å². The molecule has 0 aromatic heterocycles. The van der Waals surface area contributed by atoms with Gasteiger partial charge in [0.1, 0.15) is 11.4 Å². The van der Waals surface area contributed by atoms with Crippen molar-refractivity contribution >= 4 is 17.3 Å². The Kier molecular flexibility index (Phi) is 9.63. The summed E-state index contributed by atoms with van der Waals surface area (Å²) in [4.78, 5) is 21.5. The average molecular weight is 660 g/mol. The molecular weight excluding hydrogens is 651 g/mol. The minimum atomic E-state index is -8.19. The number of nitrogens with one attached hydrogen (secondary N) is 1. The fourth-order valence-corrected chi connectivity index (χ4v) is 2.39. The van der Waals surface area contributed by atoms with E-state index in [2.05, 4.69) is 0 Å². The minimum absolute atomic E-state index is 0.215. The van der Waals surface area contributed by atoms with E-state index in [-0.39, 0.29) is 12.7 Å². The minimum Gasteiger partial charge on any atom is -0.494 e. The van der Waals surface area contributed by atoms with Crippen LogP contribution in [0, 0.1) is 10.1 Å². The molecule has 2 unspecified atom stereocenters. The van der Waals surface area contributed by atoms with Crippen molar-refractivity contribution in [2.75, 3.05) is 11.9 Å². The van der Waals surface area contributed by atoms with Crippen molar-refractivity contribution in [3.05, 3.63) is 28.3 Å². The Morgan fingerprint density at radius 2 is 1.29 bits per heavy atom. The van der Waals surface area contributed by atoms with E-state index in [1.54, 1.807) is 0 Å². The number of ether oxygens (including phenoxy) is 3. The number of hydrogen-bond acceptors (Lipinski definition) is 6. The molecule has 0 aliphatic carbocycles. The van der Waals surface area contributed by atoms with Crippen LogP contribution in [0.3, 0.4) is 0 Å². The van der Waals surface area contributed by atoms with Gasteiger partial charge >= 0.3 is 48.4 Å². The molecule has 1 aromatic carbocycles. The Morgan fingerprint density at radius 3 is 1.67 bits per heavy atom. The number of benzene rings is 1. The SMILES string of the molecule is CCOc1ccc(NC(=O)C(F)(OC(F)(F)C(F)(OC(F)(F)C(F)(F)C(F)(F)F)C(F)(F)F)C(F)(F)F)c([N+](=O)[O-])c1. The number of amides is 1. The number of nitro groups is 1. The van der Waals surface area contributed by atoms with E-state index in [0.29, 0.717) is 17.4 Å². The van der Waals surface area contributed by atoms with E-state index in [9.17, 15) is 89.5 Å². The number of halogens is 17. The summed E-state index contributed by atoms with van der Waals surface area (Å²) < 4.78 is 233. The zero-order valence-electron chi connectivity index (χ0n) is 19.3. The smallest absolute Gasteiger partial charge is 0.462 e. The summed E-state index contributed by atoms with van der Waals surface area (Å²) in [6.45, 7) is 1.09. The molecule has 0 saturated heterocycles. The van der Waals surface area contributed by atoms with Crippen molar-refractivity contribution in [2.24, 2.45) is 0 Å². The number of carbonyl (C=O) groups excluding carboxylic acids is 1. The van der Waals surface area contributed by atoms with Gasteiger partial charge in [0.05, 0.1) is 17.6 Å². The first-order chi connectivity index (χ1) is 18.4. The van der Waals surface area contributed by atoms with Crippen LogP contribution in [-0.2, 0) is 14.3 Å². The Labute approximate surface area is 218 Å². The van der Waals surface area contributed by atoms with Gasteiger partial charge in [-0.3, -0.25) is 24.4 Å². The standard InChI is InChI=1S/C17H9F17N2O6/c1-2-40-6-3-4-7(8(5-6)36(38)39)35-9(37)10(18,13(22,23)24)41-17(33,34)12(21,15(28,29)30)42-16(31,32)11(19,20)14(25,26)27/h3-5H,2H2,1H3,(H,35,37). The molecule has 8 nitrogen and oxygen atoms in total. The van der Waals surface area contributed by atoms with Gasteiger partial charge in [0.15, 0.2) is 0 Å². The van der Waals surface area contributed by atoms with Crippen LogP contribution in [0.25, 0.3) is 0 Å². The Hall–Kier alpha value is -3.38. The highest BCUT2D eigenvalue weighted by Crippen LogP contribution is 2.56. The van der Waals surface area contributed by atoms with Crippen LogP contribution in [0.15, 0.2) is 18.2 Å².